The number of carbonyl (C=O) groups is 1. The highest BCUT2D eigenvalue weighted by molar-refractivity contribution is 7.92. The Balaban J connectivity index is 1.47. The zero-order valence-electron chi connectivity index (χ0n) is 20.9. The van der Waals surface area contributed by atoms with Crippen LogP contribution in [0.5, 0.6) is 5.75 Å². The monoisotopic (exact) mass is 541 g/mol. The van der Waals surface area contributed by atoms with Gasteiger partial charge in [-0.25, -0.2) is 8.42 Å². The lowest BCUT2D eigenvalue weighted by atomic mass is 10.1. The molecule has 0 radical (unpaired) electrons. The number of methoxy groups -OCH3 is 1. The van der Waals surface area contributed by atoms with Crippen LogP contribution in [-0.4, -0.2) is 46.0 Å². The van der Waals surface area contributed by atoms with E-state index in [0.717, 1.165) is 29.5 Å². The van der Waals surface area contributed by atoms with E-state index in [2.05, 4.69) is 22.3 Å². The molecule has 0 aliphatic carbocycles. The number of sulfonamides is 1. The van der Waals surface area contributed by atoms with E-state index in [1.165, 1.54) is 50.1 Å². The van der Waals surface area contributed by atoms with E-state index in [1.807, 2.05) is 12.1 Å². The van der Waals surface area contributed by atoms with E-state index in [0.29, 0.717) is 10.8 Å². The van der Waals surface area contributed by atoms with Gasteiger partial charge in [0.05, 0.1) is 17.7 Å². The van der Waals surface area contributed by atoms with Gasteiger partial charge in [0.2, 0.25) is 5.91 Å². The third kappa shape index (κ3) is 7.03. The lowest BCUT2D eigenvalue weighted by Gasteiger charge is -2.26. The van der Waals surface area contributed by atoms with E-state index in [4.69, 9.17) is 16.3 Å². The molecule has 196 valence electrons. The summed E-state index contributed by atoms with van der Waals surface area (Å²) in [6, 6.07) is 20.8. The second-order valence-electron chi connectivity index (χ2n) is 9.07. The molecule has 1 saturated heterocycles. The summed E-state index contributed by atoms with van der Waals surface area (Å²) in [5.41, 5.74) is 2.37. The van der Waals surface area contributed by atoms with Gasteiger partial charge < -0.3 is 10.1 Å². The SMILES string of the molecule is COc1ccc(Cl)cc1N(CC(=O)NCc1ccc(CN2CCCCC2)cc1)S(=O)(=O)c1ccccc1. The number of benzene rings is 3. The molecule has 1 amide bonds. The normalized spacial score (nSPS) is 14.2. The maximum Gasteiger partial charge on any atom is 0.264 e. The standard InChI is InChI=1S/C28H32ClN3O4S/c1-36-27-15-14-24(29)18-26(27)32(37(34,35)25-8-4-2-5-9-25)21-28(33)30-19-22-10-12-23(13-11-22)20-31-16-6-3-7-17-31/h2,4-5,8-15,18H,3,6-7,16-17,19-21H2,1H3,(H,30,33). The lowest BCUT2D eigenvalue weighted by molar-refractivity contribution is -0.119. The molecule has 3 aromatic carbocycles. The first-order valence-electron chi connectivity index (χ1n) is 12.3. The number of hydrogen-bond donors (Lipinski definition) is 1. The fourth-order valence-electron chi connectivity index (χ4n) is 4.40. The smallest absolute Gasteiger partial charge is 0.264 e. The van der Waals surface area contributed by atoms with Gasteiger partial charge in [0.1, 0.15) is 12.3 Å². The molecule has 1 heterocycles. The van der Waals surface area contributed by atoms with Crippen LogP contribution in [0.25, 0.3) is 0 Å². The lowest BCUT2D eigenvalue weighted by Crippen LogP contribution is -2.40. The number of halogens is 1. The van der Waals surface area contributed by atoms with Gasteiger partial charge in [0.15, 0.2) is 0 Å². The molecule has 0 spiro atoms. The first kappa shape index (κ1) is 27.0. The van der Waals surface area contributed by atoms with Crippen LogP contribution in [-0.2, 0) is 27.9 Å². The average molecular weight is 542 g/mol. The number of carbonyl (C=O) groups excluding carboxylic acids is 1. The number of rotatable bonds is 10. The van der Waals surface area contributed by atoms with Crippen LogP contribution in [0.1, 0.15) is 30.4 Å². The fraction of sp³-hybridized carbons (Fsp3) is 0.321. The number of anilines is 1. The largest absolute Gasteiger partial charge is 0.495 e. The second-order valence-corrected chi connectivity index (χ2v) is 11.4. The highest BCUT2D eigenvalue weighted by Crippen LogP contribution is 2.34. The fourth-order valence-corrected chi connectivity index (χ4v) is 6.01. The van der Waals surface area contributed by atoms with Crippen LogP contribution in [0.15, 0.2) is 77.7 Å². The van der Waals surface area contributed by atoms with Gasteiger partial charge in [-0.1, -0.05) is 60.5 Å². The molecule has 4 rings (SSSR count). The van der Waals surface area contributed by atoms with Crippen molar-refractivity contribution in [1.29, 1.82) is 0 Å². The van der Waals surface area contributed by atoms with Crippen molar-refractivity contribution < 1.29 is 17.9 Å². The summed E-state index contributed by atoms with van der Waals surface area (Å²) < 4.78 is 33.6. The van der Waals surface area contributed by atoms with E-state index in [9.17, 15) is 13.2 Å². The quantitative estimate of drug-likeness (QED) is 0.397. The molecule has 0 bridgehead atoms. The number of nitrogens with one attached hydrogen (secondary N) is 1. The minimum atomic E-state index is -4.07. The number of hydrogen-bond acceptors (Lipinski definition) is 5. The van der Waals surface area contributed by atoms with Crippen LogP contribution < -0.4 is 14.4 Å². The van der Waals surface area contributed by atoms with Crippen molar-refractivity contribution >= 4 is 33.2 Å². The highest BCUT2D eigenvalue weighted by Gasteiger charge is 2.29. The predicted octanol–water partition coefficient (Wildman–Crippen LogP) is 4.85. The number of ether oxygens (including phenoxy) is 1. The Bertz CT molecular complexity index is 1290. The number of amides is 1. The van der Waals surface area contributed by atoms with Gasteiger partial charge in [-0.2, -0.15) is 0 Å². The molecule has 1 aliphatic heterocycles. The van der Waals surface area contributed by atoms with Gasteiger partial charge >= 0.3 is 0 Å². The first-order valence-corrected chi connectivity index (χ1v) is 14.2. The van der Waals surface area contributed by atoms with Crippen molar-refractivity contribution in [3.63, 3.8) is 0 Å². The van der Waals surface area contributed by atoms with Crippen LogP contribution in [0.4, 0.5) is 5.69 Å². The summed E-state index contributed by atoms with van der Waals surface area (Å²) in [7, 11) is -2.63. The minimum absolute atomic E-state index is 0.0640. The van der Waals surface area contributed by atoms with Gasteiger partial charge in [0, 0.05) is 18.1 Å². The third-order valence-corrected chi connectivity index (χ3v) is 8.40. The average Bonchev–Trinajstić information content (AvgIpc) is 2.92. The van der Waals surface area contributed by atoms with E-state index < -0.39 is 22.5 Å². The van der Waals surface area contributed by atoms with Crippen molar-refractivity contribution in [3.05, 3.63) is 88.9 Å². The summed E-state index contributed by atoms with van der Waals surface area (Å²) in [4.78, 5) is 15.5. The summed E-state index contributed by atoms with van der Waals surface area (Å²) in [5, 5.41) is 3.17. The van der Waals surface area contributed by atoms with Gasteiger partial charge in [0.25, 0.3) is 10.0 Å². The van der Waals surface area contributed by atoms with Crippen molar-refractivity contribution in [1.82, 2.24) is 10.2 Å². The van der Waals surface area contributed by atoms with Crippen molar-refractivity contribution in [2.45, 2.75) is 37.2 Å². The van der Waals surface area contributed by atoms with Crippen molar-refractivity contribution in [2.24, 2.45) is 0 Å². The highest BCUT2D eigenvalue weighted by atomic mass is 35.5. The zero-order chi connectivity index (χ0) is 26.3. The molecular formula is C28H32ClN3O4S. The van der Waals surface area contributed by atoms with Gasteiger partial charge in [-0.05, 0) is 67.4 Å². The summed E-state index contributed by atoms with van der Waals surface area (Å²) in [5.74, 6) is -0.153. The van der Waals surface area contributed by atoms with Crippen LogP contribution in [0.3, 0.4) is 0 Å². The Labute approximate surface area is 224 Å². The molecule has 9 heteroatoms. The predicted molar refractivity (Wildman–Crippen MR) is 146 cm³/mol. The van der Waals surface area contributed by atoms with E-state index in [1.54, 1.807) is 30.3 Å². The Hall–Kier alpha value is -3.07. The maximum atomic E-state index is 13.6. The molecular weight excluding hydrogens is 510 g/mol. The molecule has 1 fully saturated rings. The third-order valence-electron chi connectivity index (χ3n) is 6.40. The number of likely N-dealkylation sites (tertiary alicyclic amines) is 1. The summed E-state index contributed by atoms with van der Waals surface area (Å²) in [6.45, 7) is 3.06. The molecule has 1 N–H and O–H groups in total. The Morgan fingerprint density at radius 3 is 2.32 bits per heavy atom. The minimum Gasteiger partial charge on any atom is -0.495 e. The maximum absolute atomic E-state index is 13.6. The number of piperidine rings is 1. The molecule has 0 unspecified atom stereocenters. The topological polar surface area (TPSA) is 79.0 Å². The van der Waals surface area contributed by atoms with E-state index in [-0.39, 0.29) is 17.1 Å². The Morgan fingerprint density at radius 1 is 0.973 bits per heavy atom. The molecule has 0 saturated carbocycles. The molecule has 3 aromatic rings. The van der Waals surface area contributed by atoms with E-state index >= 15 is 0 Å². The van der Waals surface area contributed by atoms with Crippen LogP contribution >= 0.6 is 11.6 Å². The molecule has 0 atom stereocenters. The van der Waals surface area contributed by atoms with Crippen LogP contribution in [0.2, 0.25) is 5.02 Å². The summed E-state index contributed by atoms with van der Waals surface area (Å²) >= 11 is 6.19. The molecule has 7 nitrogen and oxygen atoms in total. The molecule has 0 aromatic heterocycles. The second kappa shape index (κ2) is 12.4. The van der Waals surface area contributed by atoms with Crippen LogP contribution in [0, 0.1) is 0 Å². The summed E-state index contributed by atoms with van der Waals surface area (Å²) in [6.07, 6.45) is 3.81. The number of nitrogens with zero attached hydrogens (tertiary/aromatic N) is 2. The zero-order valence-corrected chi connectivity index (χ0v) is 22.5. The van der Waals surface area contributed by atoms with Gasteiger partial charge in [-0.3, -0.25) is 14.0 Å². The first-order chi connectivity index (χ1) is 17.9. The van der Waals surface area contributed by atoms with Crippen molar-refractivity contribution in [2.75, 3.05) is 31.0 Å². The Kier molecular flexibility index (Phi) is 9.08. The van der Waals surface area contributed by atoms with Gasteiger partial charge in [-0.15, -0.1) is 0 Å². The molecule has 37 heavy (non-hydrogen) atoms. The molecule has 1 aliphatic rings. The Morgan fingerprint density at radius 2 is 1.65 bits per heavy atom. The van der Waals surface area contributed by atoms with Crippen molar-refractivity contribution in [3.8, 4) is 5.75 Å².